The number of alkyl halides is 3. The smallest absolute Gasteiger partial charge is 0.347 e. The number of halogens is 3. The van der Waals surface area contributed by atoms with Gasteiger partial charge in [0.2, 0.25) is 0 Å². The standard InChI is InChI=1S/C5H6BrF2NO/c1-2-3-9-4(10)5(6,7)8/h2H,1,3H2,(H,9,10). The predicted molar refractivity (Wildman–Crippen MR) is 37.1 cm³/mol. The van der Waals surface area contributed by atoms with E-state index in [1.165, 1.54) is 6.08 Å². The summed E-state index contributed by atoms with van der Waals surface area (Å²) in [6, 6.07) is 0. The average molecular weight is 214 g/mol. The highest BCUT2D eigenvalue weighted by Gasteiger charge is 2.34. The van der Waals surface area contributed by atoms with Gasteiger partial charge in [0.15, 0.2) is 0 Å². The normalized spacial score (nSPS) is 10.7. The maximum Gasteiger partial charge on any atom is 0.377 e. The van der Waals surface area contributed by atoms with Crippen LogP contribution in [0.3, 0.4) is 0 Å². The van der Waals surface area contributed by atoms with Crippen molar-refractivity contribution in [2.45, 2.75) is 4.83 Å². The summed E-state index contributed by atoms with van der Waals surface area (Å²) in [5.74, 6) is -1.35. The molecule has 0 aliphatic heterocycles. The van der Waals surface area contributed by atoms with Gasteiger partial charge in [-0.25, -0.2) is 0 Å². The number of nitrogens with one attached hydrogen (secondary N) is 1. The van der Waals surface area contributed by atoms with Crippen LogP contribution in [0.2, 0.25) is 0 Å². The molecule has 0 heterocycles. The minimum Gasteiger partial charge on any atom is -0.347 e. The highest BCUT2D eigenvalue weighted by molar-refractivity contribution is 9.10. The van der Waals surface area contributed by atoms with Crippen molar-refractivity contribution in [1.82, 2.24) is 5.32 Å². The molecule has 0 radical (unpaired) electrons. The molecule has 0 spiro atoms. The second-order valence-corrected chi connectivity index (χ2v) is 2.49. The van der Waals surface area contributed by atoms with E-state index in [9.17, 15) is 13.6 Å². The minimum absolute atomic E-state index is 0.0417. The van der Waals surface area contributed by atoms with E-state index in [0.717, 1.165) is 0 Å². The van der Waals surface area contributed by atoms with Crippen LogP contribution in [0.4, 0.5) is 8.78 Å². The first-order valence-corrected chi connectivity index (χ1v) is 3.23. The maximum atomic E-state index is 11.9. The summed E-state index contributed by atoms with van der Waals surface area (Å²) in [4.78, 5) is 6.79. The van der Waals surface area contributed by atoms with Crippen LogP contribution in [0.1, 0.15) is 0 Å². The van der Waals surface area contributed by atoms with E-state index in [1.54, 1.807) is 0 Å². The van der Waals surface area contributed by atoms with Crippen molar-refractivity contribution < 1.29 is 13.6 Å². The lowest BCUT2D eigenvalue weighted by Crippen LogP contribution is -2.35. The molecule has 0 fully saturated rings. The number of carbonyl (C=O) groups excluding carboxylic acids is 1. The van der Waals surface area contributed by atoms with Crippen LogP contribution in [0.25, 0.3) is 0 Å². The molecule has 10 heavy (non-hydrogen) atoms. The van der Waals surface area contributed by atoms with E-state index in [2.05, 4.69) is 6.58 Å². The van der Waals surface area contributed by atoms with Gasteiger partial charge in [-0.1, -0.05) is 6.08 Å². The molecule has 2 nitrogen and oxygen atoms in total. The third kappa shape index (κ3) is 3.55. The molecule has 5 heteroatoms. The van der Waals surface area contributed by atoms with Gasteiger partial charge >= 0.3 is 10.7 Å². The minimum atomic E-state index is -3.48. The number of rotatable bonds is 3. The monoisotopic (exact) mass is 213 g/mol. The predicted octanol–water partition coefficient (Wildman–Crippen LogP) is 1.28. The molecular weight excluding hydrogens is 208 g/mol. The Hall–Kier alpha value is -0.450. The topological polar surface area (TPSA) is 29.1 Å². The first-order valence-electron chi connectivity index (χ1n) is 2.44. The third-order valence-electron chi connectivity index (χ3n) is 0.664. The summed E-state index contributed by atoms with van der Waals surface area (Å²) in [5.41, 5.74) is 0. The molecule has 0 unspecified atom stereocenters. The molecule has 0 aliphatic carbocycles. The van der Waals surface area contributed by atoms with Gasteiger partial charge in [0, 0.05) is 22.5 Å². The fourth-order valence-electron chi connectivity index (χ4n) is 0.265. The lowest BCUT2D eigenvalue weighted by atomic mass is 10.5. The van der Waals surface area contributed by atoms with Crippen molar-refractivity contribution in [3.05, 3.63) is 12.7 Å². The lowest BCUT2D eigenvalue weighted by molar-refractivity contribution is -0.133. The largest absolute Gasteiger partial charge is 0.377 e. The van der Waals surface area contributed by atoms with Crippen LogP contribution in [0.5, 0.6) is 0 Å². The second-order valence-electron chi connectivity index (χ2n) is 1.50. The number of hydrogen-bond acceptors (Lipinski definition) is 1. The summed E-state index contributed by atoms with van der Waals surface area (Å²) >= 11 is 1.89. The zero-order chi connectivity index (χ0) is 8.20. The molecule has 0 aromatic heterocycles. The van der Waals surface area contributed by atoms with E-state index in [4.69, 9.17) is 0 Å². The average Bonchev–Trinajstić information content (AvgIpc) is 1.80. The Kier molecular flexibility index (Phi) is 3.49. The van der Waals surface area contributed by atoms with Crippen LogP contribution < -0.4 is 5.32 Å². The number of amides is 1. The molecule has 0 aromatic rings. The van der Waals surface area contributed by atoms with Crippen LogP contribution in [-0.2, 0) is 4.79 Å². The van der Waals surface area contributed by atoms with Crippen molar-refractivity contribution in [3.8, 4) is 0 Å². The molecular formula is C5H6BrF2NO. The fraction of sp³-hybridized carbons (Fsp3) is 0.400. The zero-order valence-electron chi connectivity index (χ0n) is 5.03. The molecule has 0 aromatic carbocycles. The van der Waals surface area contributed by atoms with Crippen molar-refractivity contribution in [3.63, 3.8) is 0 Å². The van der Waals surface area contributed by atoms with E-state index >= 15 is 0 Å². The van der Waals surface area contributed by atoms with E-state index in [1.807, 2.05) is 21.2 Å². The SMILES string of the molecule is C=CCNC(=O)C(F)(F)Br. The molecule has 1 amide bonds. The summed E-state index contributed by atoms with van der Waals surface area (Å²) in [5, 5.41) is 1.92. The van der Waals surface area contributed by atoms with Crippen LogP contribution in [0.15, 0.2) is 12.7 Å². The molecule has 58 valence electrons. The highest BCUT2D eigenvalue weighted by atomic mass is 79.9. The van der Waals surface area contributed by atoms with E-state index in [-0.39, 0.29) is 6.54 Å². The zero-order valence-corrected chi connectivity index (χ0v) is 6.62. The molecule has 0 saturated carbocycles. The Morgan fingerprint density at radius 2 is 2.30 bits per heavy atom. The van der Waals surface area contributed by atoms with Gasteiger partial charge in [-0.05, 0) is 0 Å². The lowest BCUT2D eigenvalue weighted by Gasteiger charge is -2.06. The molecule has 0 aliphatic rings. The Bertz CT molecular complexity index is 143. The first-order chi connectivity index (χ1) is 4.48. The van der Waals surface area contributed by atoms with E-state index in [0.29, 0.717) is 0 Å². The molecule has 0 saturated heterocycles. The number of carbonyl (C=O) groups is 1. The maximum absolute atomic E-state index is 11.9. The van der Waals surface area contributed by atoms with Crippen LogP contribution in [0, 0.1) is 0 Å². The Labute approximate surface area is 65.4 Å². The van der Waals surface area contributed by atoms with Crippen LogP contribution in [-0.4, -0.2) is 17.3 Å². The van der Waals surface area contributed by atoms with Gasteiger partial charge < -0.3 is 5.32 Å². The van der Waals surface area contributed by atoms with Crippen molar-refractivity contribution in [1.29, 1.82) is 0 Å². The first kappa shape index (κ1) is 9.55. The molecule has 0 bridgehead atoms. The van der Waals surface area contributed by atoms with Crippen molar-refractivity contribution in [2.24, 2.45) is 0 Å². The fourth-order valence-corrected chi connectivity index (χ4v) is 0.405. The van der Waals surface area contributed by atoms with Crippen LogP contribution >= 0.6 is 15.9 Å². The van der Waals surface area contributed by atoms with Crippen molar-refractivity contribution >= 4 is 21.8 Å². The van der Waals surface area contributed by atoms with Gasteiger partial charge in [-0.3, -0.25) is 4.79 Å². The summed E-state index contributed by atoms with van der Waals surface area (Å²) in [6.45, 7) is 3.28. The molecule has 0 rings (SSSR count). The van der Waals surface area contributed by atoms with Crippen molar-refractivity contribution in [2.75, 3.05) is 6.54 Å². The van der Waals surface area contributed by atoms with Gasteiger partial charge in [0.05, 0.1) is 0 Å². The van der Waals surface area contributed by atoms with Gasteiger partial charge in [-0.2, -0.15) is 8.78 Å². The molecule has 1 N–H and O–H groups in total. The van der Waals surface area contributed by atoms with Gasteiger partial charge in [-0.15, -0.1) is 6.58 Å². The van der Waals surface area contributed by atoms with Gasteiger partial charge in [0.1, 0.15) is 0 Å². The van der Waals surface area contributed by atoms with E-state index < -0.39 is 10.7 Å². The second kappa shape index (κ2) is 3.65. The Balaban J connectivity index is 3.74. The quantitative estimate of drug-likeness (QED) is 0.556. The Morgan fingerprint density at radius 1 is 1.80 bits per heavy atom. The highest BCUT2D eigenvalue weighted by Crippen LogP contribution is 2.20. The number of hydrogen-bond donors (Lipinski definition) is 1. The Morgan fingerprint density at radius 3 is 2.60 bits per heavy atom. The van der Waals surface area contributed by atoms with Gasteiger partial charge in [0.25, 0.3) is 0 Å². The molecule has 0 atom stereocenters. The third-order valence-corrected chi connectivity index (χ3v) is 1.02. The summed E-state index contributed by atoms with van der Waals surface area (Å²) in [6.07, 6.45) is 1.32. The summed E-state index contributed by atoms with van der Waals surface area (Å²) < 4.78 is 23.8. The summed E-state index contributed by atoms with van der Waals surface area (Å²) in [7, 11) is 0.